The number of hydrogen-bond donors (Lipinski definition) is 1. The fraction of sp³-hybridized carbons (Fsp3) is 0.357. The third-order valence-electron chi connectivity index (χ3n) is 6.79. The summed E-state index contributed by atoms with van der Waals surface area (Å²) in [6.07, 6.45) is 1.34. The highest BCUT2D eigenvalue weighted by Gasteiger charge is 2.34. The van der Waals surface area contributed by atoms with E-state index in [1.54, 1.807) is 35.4 Å². The molecule has 0 amide bonds. The molecule has 2 heterocycles. The first-order valence-electron chi connectivity index (χ1n) is 11.9. The van der Waals surface area contributed by atoms with Crippen molar-refractivity contribution in [3.63, 3.8) is 0 Å². The molecular weight excluding hydrogens is 488 g/mol. The molecule has 1 fully saturated rings. The number of benzene rings is 2. The summed E-state index contributed by atoms with van der Waals surface area (Å²) in [6, 6.07) is 8.16. The predicted octanol–water partition coefficient (Wildman–Crippen LogP) is 5.53. The number of rotatable bonds is 7. The van der Waals surface area contributed by atoms with Gasteiger partial charge in [-0.1, -0.05) is 11.8 Å². The van der Waals surface area contributed by atoms with E-state index >= 15 is 4.39 Å². The van der Waals surface area contributed by atoms with Gasteiger partial charge in [0.05, 0.1) is 30.7 Å². The molecule has 0 spiro atoms. The number of fused-ring (bicyclic) bond motifs is 1. The van der Waals surface area contributed by atoms with Gasteiger partial charge in [-0.2, -0.15) is 0 Å². The van der Waals surface area contributed by atoms with Gasteiger partial charge in [0.25, 0.3) is 0 Å². The molecule has 2 aromatic carbocycles. The summed E-state index contributed by atoms with van der Waals surface area (Å²) in [4.78, 5) is 18.0. The Bertz CT molecular complexity index is 1350. The highest BCUT2D eigenvalue weighted by Crippen LogP contribution is 2.35. The van der Waals surface area contributed by atoms with Crippen molar-refractivity contribution in [3.05, 3.63) is 71.2 Å². The molecule has 4 rings (SSSR count). The van der Waals surface area contributed by atoms with Crippen LogP contribution in [0.2, 0.25) is 0 Å². The van der Waals surface area contributed by atoms with Crippen LogP contribution in [0.4, 0.5) is 17.6 Å². The van der Waals surface area contributed by atoms with Gasteiger partial charge < -0.3 is 9.84 Å². The van der Waals surface area contributed by atoms with Gasteiger partial charge in [-0.3, -0.25) is 14.7 Å². The van der Waals surface area contributed by atoms with E-state index in [2.05, 4.69) is 16.8 Å². The van der Waals surface area contributed by atoms with Gasteiger partial charge in [0.1, 0.15) is 17.7 Å². The first kappa shape index (κ1) is 26.4. The number of alkyl halides is 1. The third-order valence-corrected chi connectivity index (χ3v) is 6.79. The Labute approximate surface area is 212 Å². The number of aliphatic carboxylic acids is 1. The Morgan fingerprint density at radius 2 is 2.05 bits per heavy atom. The lowest BCUT2D eigenvalue weighted by atomic mass is 9.81. The van der Waals surface area contributed by atoms with Gasteiger partial charge in [0, 0.05) is 24.2 Å². The lowest BCUT2D eigenvalue weighted by Gasteiger charge is -2.35. The number of likely N-dealkylation sites (tertiary alicyclic amines) is 1. The van der Waals surface area contributed by atoms with Crippen LogP contribution >= 0.6 is 0 Å². The van der Waals surface area contributed by atoms with Gasteiger partial charge in [0.15, 0.2) is 11.6 Å². The number of carbonyl (C=O) groups is 1. The van der Waals surface area contributed by atoms with E-state index < -0.39 is 41.1 Å². The van der Waals surface area contributed by atoms with Crippen LogP contribution in [-0.4, -0.2) is 47.7 Å². The average Bonchev–Trinajstić information content (AvgIpc) is 2.89. The monoisotopic (exact) mass is 514 g/mol. The first-order chi connectivity index (χ1) is 17.8. The zero-order valence-electron chi connectivity index (χ0n) is 20.2. The summed E-state index contributed by atoms with van der Waals surface area (Å²) < 4.78 is 61.1. The summed E-state index contributed by atoms with van der Waals surface area (Å²) in [5.74, 6) is 0.294. The molecule has 3 atom stereocenters. The van der Waals surface area contributed by atoms with Gasteiger partial charge in [0.2, 0.25) is 0 Å². The highest BCUT2D eigenvalue weighted by atomic mass is 19.2. The zero-order chi connectivity index (χ0) is 26.5. The van der Waals surface area contributed by atoms with E-state index in [4.69, 9.17) is 4.74 Å². The van der Waals surface area contributed by atoms with Crippen molar-refractivity contribution in [1.29, 1.82) is 0 Å². The summed E-state index contributed by atoms with van der Waals surface area (Å²) >= 11 is 0. The number of carboxylic acid groups (broad SMARTS) is 1. The molecule has 1 aliphatic rings. The van der Waals surface area contributed by atoms with E-state index in [0.29, 0.717) is 47.7 Å². The molecule has 194 valence electrons. The van der Waals surface area contributed by atoms with Crippen LogP contribution < -0.4 is 4.74 Å². The van der Waals surface area contributed by atoms with E-state index in [9.17, 15) is 23.1 Å². The molecular formula is C28H26F4N2O3. The second-order valence-corrected chi connectivity index (χ2v) is 9.11. The summed E-state index contributed by atoms with van der Waals surface area (Å²) in [5, 5.41) is 10.5. The summed E-state index contributed by atoms with van der Waals surface area (Å²) in [7, 11) is 1.54. The molecule has 1 aromatic heterocycles. The first-order valence-corrected chi connectivity index (χ1v) is 11.9. The lowest BCUT2D eigenvalue weighted by molar-refractivity contribution is -0.146. The predicted molar refractivity (Wildman–Crippen MR) is 130 cm³/mol. The Morgan fingerprint density at radius 1 is 1.24 bits per heavy atom. The van der Waals surface area contributed by atoms with Gasteiger partial charge in [-0.15, -0.1) is 0 Å². The SMILES string of the molecule is COc1ccc2nccc([C@@H](F)CC[C@@H]3CCN(CC#Cc4cc(F)cc(F)c4F)C[C@@H]3C(=O)O)c2c1. The van der Waals surface area contributed by atoms with Crippen LogP contribution in [0.1, 0.15) is 36.6 Å². The van der Waals surface area contributed by atoms with Crippen molar-refractivity contribution in [3.8, 4) is 17.6 Å². The van der Waals surface area contributed by atoms with Crippen LogP contribution in [0.15, 0.2) is 42.6 Å². The Hall–Kier alpha value is -3.64. The zero-order valence-corrected chi connectivity index (χ0v) is 20.2. The maximum absolute atomic E-state index is 15.3. The van der Waals surface area contributed by atoms with Crippen molar-refractivity contribution < 1.29 is 32.2 Å². The van der Waals surface area contributed by atoms with Crippen LogP contribution in [-0.2, 0) is 4.79 Å². The van der Waals surface area contributed by atoms with Crippen molar-refractivity contribution in [2.75, 3.05) is 26.7 Å². The maximum atomic E-state index is 15.3. The molecule has 0 radical (unpaired) electrons. The number of methoxy groups -OCH3 is 1. The maximum Gasteiger partial charge on any atom is 0.308 e. The minimum atomic E-state index is -1.32. The fourth-order valence-corrected chi connectivity index (χ4v) is 4.79. The highest BCUT2D eigenvalue weighted by molar-refractivity contribution is 5.83. The minimum absolute atomic E-state index is 0.116. The molecule has 0 saturated carbocycles. The Balaban J connectivity index is 1.39. The van der Waals surface area contributed by atoms with Crippen LogP contribution in [0.3, 0.4) is 0 Å². The van der Waals surface area contributed by atoms with E-state index in [1.807, 2.05) is 0 Å². The number of halogens is 4. The van der Waals surface area contributed by atoms with Crippen molar-refractivity contribution in [2.24, 2.45) is 11.8 Å². The Morgan fingerprint density at radius 3 is 2.81 bits per heavy atom. The van der Waals surface area contributed by atoms with Crippen molar-refractivity contribution in [1.82, 2.24) is 9.88 Å². The third kappa shape index (κ3) is 6.20. The fourth-order valence-electron chi connectivity index (χ4n) is 4.79. The normalized spacial score (nSPS) is 18.7. The van der Waals surface area contributed by atoms with E-state index in [0.717, 1.165) is 6.07 Å². The summed E-state index contributed by atoms with van der Waals surface area (Å²) in [6.45, 7) is 0.834. The van der Waals surface area contributed by atoms with Crippen molar-refractivity contribution >= 4 is 16.9 Å². The van der Waals surface area contributed by atoms with Crippen LogP contribution in [0.5, 0.6) is 5.75 Å². The second-order valence-electron chi connectivity index (χ2n) is 9.11. The Kier molecular flexibility index (Phi) is 8.29. The molecule has 0 unspecified atom stereocenters. The average molecular weight is 515 g/mol. The van der Waals surface area contributed by atoms with Crippen LogP contribution in [0, 0.1) is 41.1 Å². The van der Waals surface area contributed by atoms with Gasteiger partial charge >= 0.3 is 5.97 Å². The molecule has 3 aromatic rings. The number of nitrogens with zero attached hydrogens (tertiary/aromatic N) is 2. The number of hydrogen-bond acceptors (Lipinski definition) is 4. The number of aromatic nitrogens is 1. The number of ether oxygens (including phenoxy) is 1. The van der Waals surface area contributed by atoms with Crippen LogP contribution in [0.25, 0.3) is 10.9 Å². The number of carboxylic acids is 1. The molecule has 0 aliphatic carbocycles. The van der Waals surface area contributed by atoms with E-state index in [1.165, 1.54) is 7.11 Å². The topological polar surface area (TPSA) is 62.7 Å². The molecule has 5 nitrogen and oxygen atoms in total. The van der Waals surface area contributed by atoms with Crippen molar-refractivity contribution in [2.45, 2.75) is 25.4 Å². The molecule has 1 aliphatic heterocycles. The molecule has 0 bridgehead atoms. The number of piperidine rings is 1. The largest absolute Gasteiger partial charge is 0.497 e. The minimum Gasteiger partial charge on any atom is -0.497 e. The smallest absolute Gasteiger partial charge is 0.308 e. The molecule has 1 saturated heterocycles. The quantitative estimate of drug-likeness (QED) is 0.255. The molecule has 1 N–H and O–H groups in total. The number of pyridine rings is 1. The van der Waals surface area contributed by atoms with E-state index in [-0.39, 0.29) is 25.4 Å². The molecule has 37 heavy (non-hydrogen) atoms. The summed E-state index contributed by atoms with van der Waals surface area (Å²) in [5.41, 5.74) is 0.751. The van der Waals surface area contributed by atoms with Gasteiger partial charge in [-0.05, 0) is 67.6 Å². The standard InChI is InChI=1S/C28H26F4N2O3/c1-37-20-5-7-26-22(15-20)21(8-10-33-26)24(30)6-4-17-9-12-34(16-23(17)28(35)36)11-2-3-18-13-19(29)14-25(31)27(18)32/h5,7-8,10,13-15,17,23-24H,4,6,9,11-12,16H2,1H3,(H,35,36)/t17-,23+,24+/m1/s1. The van der Waals surface area contributed by atoms with Gasteiger partial charge in [-0.25, -0.2) is 17.6 Å². The second kappa shape index (κ2) is 11.6. The lowest BCUT2D eigenvalue weighted by Crippen LogP contribution is -2.44. The molecule has 9 heteroatoms.